The van der Waals surface area contributed by atoms with E-state index in [0.717, 1.165) is 112 Å². The quantitative estimate of drug-likeness (QED) is 0.0547. The molecule has 6 aromatic carbocycles. The van der Waals surface area contributed by atoms with E-state index in [1.165, 1.54) is 41.8 Å². The Balaban J connectivity index is 0.000000114. The summed E-state index contributed by atoms with van der Waals surface area (Å²) in [5.74, 6) is -0.473. The van der Waals surface area contributed by atoms with Crippen LogP contribution in [0.1, 0.15) is 152 Å². The fourth-order valence-electron chi connectivity index (χ4n) is 18.5. The lowest BCUT2D eigenvalue weighted by Gasteiger charge is -2.20. The second kappa shape index (κ2) is 32.5. The predicted octanol–water partition coefficient (Wildman–Crippen LogP) is 15.8. The van der Waals surface area contributed by atoms with Gasteiger partial charge < -0.3 is 19.7 Å². The molecule has 123 heavy (non-hydrogen) atoms. The van der Waals surface area contributed by atoms with Crippen LogP contribution >= 0.6 is 85.5 Å². The fraction of sp³-hybridized carbons (Fsp3) is 0.256. The van der Waals surface area contributed by atoms with Gasteiger partial charge in [-0.3, -0.25) is 52.5 Å². The molecule has 0 unspecified atom stereocenters. The smallest absolute Gasteiger partial charge is 0.330 e. The number of pyridine rings is 3. The van der Waals surface area contributed by atoms with Crippen LogP contribution < -0.4 is 22.0 Å². The molecule has 618 valence electrons. The van der Waals surface area contributed by atoms with Gasteiger partial charge in [0.05, 0.1) is 47.0 Å². The summed E-state index contributed by atoms with van der Waals surface area (Å²) in [7, 11) is 0. The predicted molar refractivity (Wildman–Crippen MR) is 464 cm³/mol. The number of halogens is 7. The number of anilines is 1. The van der Waals surface area contributed by atoms with Crippen LogP contribution in [0.4, 0.5) is 5.69 Å². The largest absolute Gasteiger partial charge is 0.480 e. The van der Waals surface area contributed by atoms with E-state index >= 15 is 0 Å². The molecule has 1 amide bonds. The number of ether oxygens (including phenoxy) is 1. The van der Waals surface area contributed by atoms with Gasteiger partial charge in [-0.25, -0.2) is 23.6 Å². The third-order valence-electron chi connectivity index (χ3n) is 24.6. The summed E-state index contributed by atoms with van der Waals surface area (Å²) in [5.41, 5.74) is 18.8. The van der Waals surface area contributed by atoms with Crippen LogP contribution in [0.2, 0.25) is 30.5 Å². The van der Waals surface area contributed by atoms with E-state index < -0.39 is 30.6 Å². The first kappa shape index (κ1) is 81.0. The summed E-state index contributed by atoms with van der Waals surface area (Å²) < 4.78 is 14.9. The Morgan fingerprint density at radius 2 is 0.911 bits per heavy atom. The molecule has 3 fully saturated rings. The number of fused-ring (bicyclic) bond motifs is 12. The molecule has 0 saturated heterocycles. The van der Waals surface area contributed by atoms with Gasteiger partial charge in [0.2, 0.25) is 5.91 Å². The SMILES string of the molecule is O=C(O)[C@@H]1[C@H]2C[C@H]2c2cc(-c3cc(Cl)ccc3-n3cc(Cl)nn3)cc(=O)n21.O=C1CCc2cc(C(=O)CBr)ccc2C1.O=C1CCc2cc(C(=O)COC(=O)[C@@H]3[C@H]4C[C@H]4c4cc(-c5cc(Cl)ccc5-n5cc(Cl)nn5)cc(=O)n43)ccc2N1.O=C1CCc2cc(C3=CN=C([C@@H]4[C@H]5C[C@H]5c5cc(-c6cc(Cl)ccc6-n6cc(Cl)nn6)cc(=O)n54)C3)ccc2C1. The molecule has 3 saturated carbocycles. The third kappa shape index (κ3) is 15.8. The van der Waals surface area contributed by atoms with Gasteiger partial charge in [-0.1, -0.05) is 132 Å². The van der Waals surface area contributed by atoms with Crippen molar-refractivity contribution >= 4 is 143 Å². The number of aliphatic carboxylic acids is 1. The highest BCUT2D eigenvalue weighted by Crippen LogP contribution is 2.62. The van der Waals surface area contributed by atoms with E-state index in [1.807, 2.05) is 47.2 Å². The number of aromatic nitrogens is 12. The molecule has 6 aromatic heterocycles. The maximum Gasteiger partial charge on any atom is 0.330 e. The first-order valence-corrected chi connectivity index (χ1v) is 43.1. The van der Waals surface area contributed by atoms with Gasteiger partial charge in [-0.15, -0.1) is 15.3 Å². The van der Waals surface area contributed by atoms with E-state index in [-0.39, 0.29) is 79.3 Å². The normalized spacial score (nSPS) is 20.7. The molecule has 12 aromatic rings. The Morgan fingerprint density at radius 1 is 0.455 bits per heavy atom. The summed E-state index contributed by atoms with van der Waals surface area (Å²) in [4.78, 5) is 128. The van der Waals surface area contributed by atoms with E-state index in [0.29, 0.717) is 127 Å². The minimum Gasteiger partial charge on any atom is -0.480 e. The summed E-state index contributed by atoms with van der Waals surface area (Å²) >= 11 is 39.9. The Labute approximate surface area is 737 Å². The Morgan fingerprint density at radius 3 is 1.43 bits per heavy atom. The number of carboxylic acid groups (broad SMARTS) is 1. The van der Waals surface area contributed by atoms with Crippen molar-refractivity contribution in [3.63, 3.8) is 0 Å². The summed E-state index contributed by atoms with van der Waals surface area (Å²) in [6.45, 7) is -0.438. The van der Waals surface area contributed by atoms with Gasteiger partial charge >= 0.3 is 11.9 Å². The molecule has 33 heteroatoms. The molecule has 22 rings (SSSR count). The lowest BCUT2D eigenvalue weighted by atomic mass is 9.87. The van der Waals surface area contributed by atoms with Crippen molar-refractivity contribution in [2.75, 3.05) is 17.3 Å². The highest BCUT2D eigenvalue weighted by atomic mass is 79.9. The van der Waals surface area contributed by atoms with Crippen molar-refractivity contribution in [3.8, 4) is 50.4 Å². The number of rotatable bonds is 15. The standard InChI is InChI=1S/C31H23Cl2N5O2.C29H21Cl2N5O5.C18H12Cl2N4O3.C12H11BrO2/c32-21-4-6-27(37-15-29(33)35-36-37)23(12-21)19-10-28-24-13-25(24)31(38(28)30(40)11-19)26-9-20(14-34-26)17-1-2-18-8-22(39)5-3-16(18)7-17;30-17-3-5-22(35-12-25(31)33-34-35)18(10-17)16-8-23-19-11-20(19)28(36(23)27(39)9-16)29(40)41-13-24(37)15-1-4-21-14(7-15)2-6-26(38)32-21;19-9-1-2-13(23-7-15(20)21-22-23)10(5-9)8-3-14-11-6-12(11)17(18(26)27)24(14)16(25)4-8;13-7-12(15)10-2-1-9-6-11(14)4-3-8(9)5-10/h1-2,4,6-7,10-12,14-15,24-25,31H,3,5,8-9,13H2;1,3-5,7-10,12,19-20,28H,2,6,11,13H2,(H,32,38);1-5,7,11-12,17H,6H2,(H,26,27);1-2,5H,3-4,6-7H2/t24-,25+,31+;19-,20+,28+;11-,12+,17+;/m111./s1. The average Bonchev–Trinajstić information content (AvgIpc) is 1.55. The Hall–Kier alpha value is -11.7. The number of benzene rings is 6. The number of alkyl halides is 1. The van der Waals surface area contributed by atoms with Gasteiger partial charge in [0, 0.05) is 152 Å². The molecule has 0 bridgehead atoms. The topological polar surface area (TPSA) is 331 Å². The van der Waals surface area contributed by atoms with Gasteiger partial charge in [0.25, 0.3) is 16.7 Å². The van der Waals surface area contributed by atoms with Crippen LogP contribution in [0.3, 0.4) is 0 Å². The fourth-order valence-corrected chi connectivity index (χ4v) is 19.7. The number of hydrogen-bond acceptors (Lipinski definition) is 18. The molecule has 5 aliphatic carbocycles. The minimum absolute atomic E-state index is 0.00148. The van der Waals surface area contributed by atoms with Crippen molar-refractivity contribution < 1.29 is 43.4 Å². The van der Waals surface area contributed by atoms with Crippen molar-refractivity contribution in [1.29, 1.82) is 0 Å². The molecule has 10 aliphatic rings. The number of aryl methyl sites for hydroxylation is 3. The zero-order chi connectivity index (χ0) is 85.2. The van der Waals surface area contributed by atoms with E-state index in [1.54, 1.807) is 96.1 Å². The second-order valence-corrected chi connectivity index (χ2v) is 35.2. The molecule has 0 spiro atoms. The zero-order valence-corrected chi connectivity index (χ0v) is 70.8. The molecule has 26 nitrogen and oxygen atoms in total. The first-order chi connectivity index (χ1) is 59.3. The maximum absolute atomic E-state index is 13.7. The number of esters is 1. The minimum atomic E-state index is -0.961. The number of aliphatic imine (C=N–C) groups is 1. The van der Waals surface area contributed by atoms with Gasteiger partial charge in [0.15, 0.2) is 33.6 Å². The van der Waals surface area contributed by atoms with Crippen molar-refractivity contribution in [2.24, 2.45) is 22.7 Å². The molecule has 9 atom stereocenters. The number of carbonyl (C=O) groups excluding carboxylic acids is 6. The van der Waals surface area contributed by atoms with Gasteiger partial charge in [0.1, 0.15) is 23.7 Å². The molecule has 2 N–H and O–H groups in total. The van der Waals surface area contributed by atoms with Crippen LogP contribution in [0, 0.1) is 17.8 Å². The van der Waals surface area contributed by atoms with Crippen molar-refractivity contribution in [2.45, 2.75) is 113 Å². The lowest BCUT2D eigenvalue weighted by Crippen LogP contribution is -2.32. The number of nitrogens with one attached hydrogen (secondary N) is 1. The number of nitrogens with zero attached hydrogens (tertiary/aromatic N) is 13. The number of Topliss-reactive ketones (excluding diaryl/α,β-unsaturated/α-hetero) is 4. The van der Waals surface area contributed by atoms with Crippen LogP contribution in [0.25, 0.3) is 56.0 Å². The summed E-state index contributed by atoms with van der Waals surface area (Å²) in [6.07, 6.45) is 14.8. The highest BCUT2D eigenvalue weighted by molar-refractivity contribution is 9.09. The van der Waals surface area contributed by atoms with Crippen LogP contribution in [-0.4, -0.2) is 122 Å². The van der Waals surface area contributed by atoms with E-state index in [2.05, 4.69) is 76.4 Å². The van der Waals surface area contributed by atoms with Crippen LogP contribution in [0.5, 0.6) is 0 Å². The van der Waals surface area contributed by atoms with Crippen LogP contribution in [-0.2, 0) is 60.8 Å². The first-order valence-electron chi connectivity index (χ1n) is 39.8. The zero-order valence-electron chi connectivity index (χ0n) is 64.7. The number of allylic oxidation sites excluding steroid dienone is 1. The Bertz CT molecular complexity index is 6840. The molecule has 11 heterocycles. The summed E-state index contributed by atoms with van der Waals surface area (Å²) in [5, 5.41) is 38.6. The molecular weight excluding hydrogens is 1760 g/mol. The highest BCUT2D eigenvalue weighted by Gasteiger charge is 2.58. The number of hydrogen-bond donors (Lipinski definition) is 2. The van der Waals surface area contributed by atoms with Crippen molar-refractivity contribution in [3.05, 3.63) is 294 Å². The number of carbonyl (C=O) groups is 7. The second-order valence-electron chi connectivity index (χ2n) is 32.1. The van der Waals surface area contributed by atoms with Gasteiger partial charge in [-0.2, -0.15) is 0 Å². The van der Waals surface area contributed by atoms with Crippen molar-refractivity contribution in [1.82, 2.24) is 58.7 Å². The molecular formula is C90H67BrCl6N14O12. The average molecular weight is 1830 g/mol. The third-order valence-corrected chi connectivity index (χ3v) is 26.3. The number of carboxylic acids is 1. The maximum atomic E-state index is 13.7. The van der Waals surface area contributed by atoms with Gasteiger partial charge in [-0.05, 0) is 209 Å². The molecule has 5 aliphatic heterocycles. The summed E-state index contributed by atoms with van der Waals surface area (Å²) in [6, 6.07) is 41.9. The number of ketones is 4. The lowest BCUT2D eigenvalue weighted by molar-refractivity contribution is -0.147. The van der Waals surface area contributed by atoms with Crippen LogP contribution in [0.15, 0.2) is 190 Å². The number of amides is 1. The van der Waals surface area contributed by atoms with E-state index in [9.17, 15) is 53.1 Å². The van der Waals surface area contributed by atoms with E-state index in [4.69, 9.17) is 79.3 Å². The monoisotopic (exact) mass is 1820 g/mol. The molecule has 0 radical (unpaired) electrons. The Kier molecular flexibility index (Phi) is 21.4.